The first-order chi connectivity index (χ1) is 15.6. The minimum absolute atomic E-state index is 0.276. The lowest BCUT2D eigenvalue weighted by molar-refractivity contribution is 0.0486. The molecule has 4 rings (SSSR count). The summed E-state index contributed by atoms with van der Waals surface area (Å²) in [6, 6.07) is 5.32. The normalized spacial score (nSPS) is 25.1. The molecule has 32 heavy (non-hydrogen) atoms. The van der Waals surface area contributed by atoms with E-state index in [1.807, 2.05) is 49.4 Å². The van der Waals surface area contributed by atoms with Crippen LogP contribution in [0.1, 0.15) is 25.8 Å². The molecule has 0 amide bonds. The van der Waals surface area contributed by atoms with Gasteiger partial charge in [-0.3, -0.25) is 9.89 Å². The molecule has 1 fully saturated rings. The van der Waals surface area contributed by atoms with Crippen molar-refractivity contribution in [1.82, 2.24) is 20.0 Å². The molecule has 0 aliphatic carbocycles. The highest BCUT2D eigenvalue weighted by molar-refractivity contribution is 5.97. The summed E-state index contributed by atoms with van der Waals surface area (Å²) in [5.74, 6) is 2.01. The minimum atomic E-state index is -0.276. The molecule has 1 aromatic rings. The Morgan fingerprint density at radius 1 is 1.28 bits per heavy atom. The van der Waals surface area contributed by atoms with Gasteiger partial charge in [0.15, 0.2) is 0 Å². The number of amidine groups is 1. The first-order valence-corrected chi connectivity index (χ1v) is 11.6. The molecular formula is C25H34FN5O. The number of benzene rings is 1. The second-order valence-electron chi connectivity index (χ2n) is 8.52. The van der Waals surface area contributed by atoms with Gasteiger partial charge in [-0.15, -0.1) is 0 Å². The van der Waals surface area contributed by atoms with Crippen LogP contribution in [-0.2, 0) is 0 Å². The molecule has 3 aliphatic heterocycles. The zero-order valence-electron chi connectivity index (χ0n) is 19.4. The molecule has 1 atom stereocenters. The Morgan fingerprint density at radius 3 is 2.97 bits per heavy atom. The number of ether oxygens (including phenoxy) is 1. The molecule has 4 bridgehead atoms. The average Bonchev–Trinajstić information content (AvgIpc) is 2.79. The van der Waals surface area contributed by atoms with Crippen LogP contribution < -0.4 is 10.1 Å². The fourth-order valence-electron chi connectivity index (χ4n) is 4.54. The highest BCUT2D eigenvalue weighted by Crippen LogP contribution is 2.29. The first-order valence-electron chi connectivity index (χ1n) is 11.6. The summed E-state index contributed by atoms with van der Waals surface area (Å²) in [5, 5.41) is 3.41. The average molecular weight is 440 g/mol. The van der Waals surface area contributed by atoms with Gasteiger partial charge < -0.3 is 19.9 Å². The number of nitrogens with zero attached hydrogens (tertiary/aromatic N) is 4. The number of aliphatic imine (C=N–C) groups is 1. The standard InChI is InChI=1S/C25H34FN5O/c1-4-6-21-22-16-20(7-8-23(22)26)32-18-19-17-30(11-5-2)14-15-31(19)13-10-27-24-9-12-29(3)25(21)28-24/h4,6-9,12,16,19H,5,10-11,13-15,17-18H2,1-3H3,(H,27,28)/b6-4+,25-21+/t19-/m0/s1. The predicted octanol–water partition coefficient (Wildman–Crippen LogP) is 3.31. The van der Waals surface area contributed by atoms with Gasteiger partial charge in [0, 0.05) is 50.6 Å². The van der Waals surface area contributed by atoms with Crippen LogP contribution in [0.5, 0.6) is 5.75 Å². The molecule has 0 unspecified atom stereocenters. The van der Waals surface area contributed by atoms with Crippen LogP contribution in [0.2, 0.25) is 0 Å². The lowest BCUT2D eigenvalue weighted by atomic mass is 10.0. The number of piperazine rings is 1. The number of allylic oxidation sites excluding steroid dienone is 3. The fraction of sp³-hybridized carbons (Fsp3) is 0.480. The van der Waals surface area contributed by atoms with Gasteiger partial charge in [-0.25, -0.2) is 4.39 Å². The molecule has 172 valence electrons. The molecule has 3 aliphatic rings. The zero-order chi connectivity index (χ0) is 22.5. The van der Waals surface area contributed by atoms with Crippen LogP contribution in [0.25, 0.3) is 5.57 Å². The first kappa shape index (κ1) is 22.6. The molecule has 0 spiro atoms. The second kappa shape index (κ2) is 10.3. The molecule has 3 heterocycles. The SMILES string of the molecule is C/C=C/C1=C2/NC(=NCCN3CCN(CCC)C[C@H]3COc3ccc(F)c1c3)C=CN2C. The highest BCUT2D eigenvalue weighted by Gasteiger charge is 2.27. The zero-order valence-corrected chi connectivity index (χ0v) is 19.4. The molecule has 0 radical (unpaired) electrons. The summed E-state index contributed by atoms with van der Waals surface area (Å²) in [5.41, 5.74) is 1.27. The quantitative estimate of drug-likeness (QED) is 0.783. The summed E-state index contributed by atoms with van der Waals surface area (Å²) < 4.78 is 21.2. The van der Waals surface area contributed by atoms with E-state index in [1.165, 1.54) is 6.07 Å². The van der Waals surface area contributed by atoms with Gasteiger partial charge in [0.05, 0.1) is 12.6 Å². The second-order valence-corrected chi connectivity index (χ2v) is 8.52. The predicted molar refractivity (Wildman–Crippen MR) is 128 cm³/mol. The third kappa shape index (κ3) is 5.05. The number of halogens is 1. The van der Waals surface area contributed by atoms with E-state index >= 15 is 0 Å². The Morgan fingerprint density at radius 2 is 2.16 bits per heavy atom. The van der Waals surface area contributed by atoms with Crippen molar-refractivity contribution in [2.75, 3.05) is 52.9 Å². The summed E-state index contributed by atoms with van der Waals surface area (Å²) in [6.07, 6.45) is 8.93. The topological polar surface area (TPSA) is 43.3 Å². The lowest BCUT2D eigenvalue weighted by Crippen LogP contribution is -2.56. The van der Waals surface area contributed by atoms with Crippen LogP contribution in [0, 0.1) is 5.82 Å². The van der Waals surface area contributed by atoms with Crippen molar-refractivity contribution < 1.29 is 9.13 Å². The summed E-state index contributed by atoms with van der Waals surface area (Å²) in [7, 11) is 1.95. The van der Waals surface area contributed by atoms with Crippen molar-refractivity contribution in [3.8, 4) is 5.75 Å². The van der Waals surface area contributed by atoms with Crippen molar-refractivity contribution in [2.24, 2.45) is 4.99 Å². The highest BCUT2D eigenvalue weighted by atomic mass is 19.1. The fourth-order valence-corrected chi connectivity index (χ4v) is 4.54. The molecule has 1 saturated heterocycles. The van der Waals surface area contributed by atoms with Crippen molar-refractivity contribution >= 4 is 11.4 Å². The van der Waals surface area contributed by atoms with Crippen LogP contribution in [0.3, 0.4) is 0 Å². The Kier molecular flexibility index (Phi) is 7.27. The van der Waals surface area contributed by atoms with E-state index in [-0.39, 0.29) is 11.9 Å². The van der Waals surface area contributed by atoms with Gasteiger partial charge in [0.25, 0.3) is 0 Å². The molecule has 6 nitrogen and oxygen atoms in total. The van der Waals surface area contributed by atoms with E-state index < -0.39 is 0 Å². The van der Waals surface area contributed by atoms with Crippen LogP contribution in [0.4, 0.5) is 4.39 Å². The summed E-state index contributed by atoms with van der Waals surface area (Å²) in [4.78, 5) is 11.7. The van der Waals surface area contributed by atoms with Crippen molar-refractivity contribution in [2.45, 2.75) is 26.3 Å². The van der Waals surface area contributed by atoms with E-state index in [0.717, 1.165) is 56.4 Å². The third-order valence-electron chi connectivity index (χ3n) is 6.21. The van der Waals surface area contributed by atoms with Crippen molar-refractivity contribution in [3.05, 3.63) is 59.8 Å². The van der Waals surface area contributed by atoms with Crippen LogP contribution in [0.15, 0.2) is 53.4 Å². The number of fused-ring (bicyclic) bond motifs is 5. The number of nitrogens with one attached hydrogen (secondary N) is 1. The van der Waals surface area contributed by atoms with E-state index in [1.54, 1.807) is 6.07 Å². The molecule has 0 saturated carbocycles. The summed E-state index contributed by atoms with van der Waals surface area (Å²) in [6.45, 7) is 10.5. The van der Waals surface area contributed by atoms with E-state index in [9.17, 15) is 4.39 Å². The Hall–Kier alpha value is -2.64. The molecule has 1 N–H and O–H groups in total. The maximum atomic E-state index is 15.0. The Bertz CT molecular complexity index is 938. The van der Waals surface area contributed by atoms with E-state index in [4.69, 9.17) is 9.73 Å². The minimum Gasteiger partial charge on any atom is -0.492 e. The number of hydrogen-bond acceptors (Lipinski definition) is 6. The Labute approximate surface area is 190 Å². The van der Waals surface area contributed by atoms with Crippen LogP contribution >= 0.6 is 0 Å². The lowest BCUT2D eigenvalue weighted by Gasteiger charge is -2.41. The molecule has 0 aromatic heterocycles. The van der Waals surface area contributed by atoms with Crippen molar-refractivity contribution in [3.63, 3.8) is 0 Å². The van der Waals surface area contributed by atoms with Gasteiger partial charge in [-0.05, 0) is 44.2 Å². The number of hydrogen-bond donors (Lipinski definition) is 1. The molecule has 1 aromatic carbocycles. The monoisotopic (exact) mass is 439 g/mol. The largest absolute Gasteiger partial charge is 0.492 e. The molecule has 7 heteroatoms. The molecular weight excluding hydrogens is 405 g/mol. The van der Waals surface area contributed by atoms with Crippen LogP contribution in [-0.4, -0.2) is 79.5 Å². The van der Waals surface area contributed by atoms with Gasteiger partial charge >= 0.3 is 0 Å². The summed E-state index contributed by atoms with van der Waals surface area (Å²) >= 11 is 0. The van der Waals surface area contributed by atoms with E-state index in [2.05, 4.69) is 22.0 Å². The van der Waals surface area contributed by atoms with E-state index in [0.29, 0.717) is 24.5 Å². The van der Waals surface area contributed by atoms with Gasteiger partial charge in [0.2, 0.25) is 0 Å². The van der Waals surface area contributed by atoms with Crippen molar-refractivity contribution in [1.29, 1.82) is 0 Å². The maximum Gasteiger partial charge on any atom is 0.131 e. The Balaban J connectivity index is 1.73. The smallest absolute Gasteiger partial charge is 0.131 e. The number of rotatable bonds is 3. The van der Waals surface area contributed by atoms with Gasteiger partial charge in [-0.1, -0.05) is 19.1 Å². The third-order valence-corrected chi connectivity index (χ3v) is 6.21. The van der Waals surface area contributed by atoms with Gasteiger partial charge in [-0.2, -0.15) is 0 Å². The maximum absolute atomic E-state index is 15.0. The van der Waals surface area contributed by atoms with Gasteiger partial charge in [0.1, 0.15) is 29.8 Å².